The fourth-order valence-corrected chi connectivity index (χ4v) is 1.70. The van der Waals surface area contributed by atoms with E-state index >= 15 is 0 Å². The van der Waals surface area contributed by atoms with Gasteiger partial charge in [-0.15, -0.1) is 11.6 Å². The molecule has 15 heavy (non-hydrogen) atoms. The maximum absolute atomic E-state index is 5.69. The van der Waals surface area contributed by atoms with Gasteiger partial charge in [0.1, 0.15) is 0 Å². The number of aryl methyl sites for hydroxylation is 2. The van der Waals surface area contributed by atoms with Crippen molar-refractivity contribution in [3.05, 3.63) is 35.7 Å². The summed E-state index contributed by atoms with van der Waals surface area (Å²) in [7, 11) is 1.95. The summed E-state index contributed by atoms with van der Waals surface area (Å²) in [4.78, 5) is 4.17. The summed E-state index contributed by atoms with van der Waals surface area (Å²) in [5.41, 5.74) is 3.09. The molecule has 2 aromatic heterocycles. The van der Waals surface area contributed by atoms with Crippen LogP contribution in [0.3, 0.4) is 0 Å². The van der Waals surface area contributed by atoms with Gasteiger partial charge >= 0.3 is 0 Å². The molecular formula is C10H13ClN4. The number of halogens is 1. The van der Waals surface area contributed by atoms with Crippen molar-refractivity contribution in [3.8, 4) is 0 Å². The van der Waals surface area contributed by atoms with Crippen LogP contribution in [0.5, 0.6) is 0 Å². The standard InChI is InChI=1S/C10H13ClN4/c1-8-3-10(14(2)13-8)6-15-5-9(4-11)12-7-15/h3,5,7H,4,6H2,1-2H3. The number of nitrogens with zero attached hydrogens (tertiary/aromatic N) is 4. The largest absolute Gasteiger partial charge is 0.331 e. The minimum absolute atomic E-state index is 0.456. The first-order valence-electron chi connectivity index (χ1n) is 4.75. The zero-order chi connectivity index (χ0) is 10.8. The van der Waals surface area contributed by atoms with E-state index in [0.29, 0.717) is 5.88 Å². The van der Waals surface area contributed by atoms with E-state index in [1.165, 1.54) is 0 Å². The normalized spacial score (nSPS) is 10.9. The van der Waals surface area contributed by atoms with Gasteiger partial charge in [0.05, 0.1) is 35.8 Å². The third kappa shape index (κ3) is 2.21. The average Bonchev–Trinajstić information content (AvgIpc) is 2.75. The van der Waals surface area contributed by atoms with E-state index in [0.717, 1.165) is 23.6 Å². The highest BCUT2D eigenvalue weighted by molar-refractivity contribution is 6.16. The molecule has 0 N–H and O–H groups in total. The van der Waals surface area contributed by atoms with Gasteiger partial charge in [-0.3, -0.25) is 4.68 Å². The van der Waals surface area contributed by atoms with Crippen LogP contribution in [0, 0.1) is 6.92 Å². The fourth-order valence-electron chi connectivity index (χ4n) is 1.56. The second-order valence-corrected chi connectivity index (χ2v) is 3.84. The molecule has 0 aliphatic carbocycles. The molecule has 0 aliphatic heterocycles. The summed E-state index contributed by atoms with van der Waals surface area (Å²) in [6.45, 7) is 2.77. The number of alkyl halides is 1. The number of imidazole rings is 1. The second-order valence-electron chi connectivity index (χ2n) is 3.57. The van der Waals surface area contributed by atoms with Gasteiger partial charge in [-0.05, 0) is 13.0 Å². The monoisotopic (exact) mass is 224 g/mol. The lowest BCUT2D eigenvalue weighted by atomic mass is 10.3. The van der Waals surface area contributed by atoms with Gasteiger partial charge in [-0.1, -0.05) is 0 Å². The van der Waals surface area contributed by atoms with Crippen LogP contribution in [0.15, 0.2) is 18.6 Å². The van der Waals surface area contributed by atoms with Crippen LogP contribution in [-0.4, -0.2) is 19.3 Å². The predicted octanol–water partition coefficient (Wildman–Crippen LogP) is 1.71. The smallest absolute Gasteiger partial charge is 0.0953 e. The molecule has 0 amide bonds. The van der Waals surface area contributed by atoms with Crippen LogP contribution in [0.2, 0.25) is 0 Å². The van der Waals surface area contributed by atoms with Gasteiger partial charge in [0, 0.05) is 13.2 Å². The zero-order valence-corrected chi connectivity index (χ0v) is 9.57. The van der Waals surface area contributed by atoms with Gasteiger partial charge in [-0.25, -0.2) is 4.98 Å². The third-order valence-corrected chi connectivity index (χ3v) is 2.54. The summed E-state index contributed by atoms with van der Waals surface area (Å²) >= 11 is 5.69. The van der Waals surface area contributed by atoms with Crippen LogP contribution < -0.4 is 0 Å². The highest BCUT2D eigenvalue weighted by atomic mass is 35.5. The maximum atomic E-state index is 5.69. The van der Waals surface area contributed by atoms with E-state index in [1.807, 2.05) is 29.4 Å². The number of aromatic nitrogens is 4. The highest BCUT2D eigenvalue weighted by Gasteiger charge is 2.03. The molecule has 4 nitrogen and oxygen atoms in total. The highest BCUT2D eigenvalue weighted by Crippen LogP contribution is 2.06. The summed E-state index contributed by atoms with van der Waals surface area (Å²) in [6, 6.07) is 2.07. The van der Waals surface area contributed by atoms with E-state index < -0.39 is 0 Å². The Labute approximate surface area is 93.5 Å². The number of hydrogen-bond acceptors (Lipinski definition) is 2. The molecule has 0 aliphatic rings. The Morgan fingerprint density at radius 2 is 2.27 bits per heavy atom. The average molecular weight is 225 g/mol. The molecule has 0 bridgehead atoms. The van der Waals surface area contributed by atoms with Gasteiger partial charge in [0.25, 0.3) is 0 Å². The Kier molecular flexibility index (Phi) is 2.77. The Morgan fingerprint density at radius 3 is 2.80 bits per heavy atom. The van der Waals surface area contributed by atoms with Crippen LogP contribution in [0.4, 0.5) is 0 Å². The third-order valence-electron chi connectivity index (χ3n) is 2.27. The van der Waals surface area contributed by atoms with Crippen molar-refractivity contribution in [1.82, 2.24) is 19.3 Å². The van der Waals surface area contributed by atoms with E-state index in [4.69, 9.17) is 11.6 Å². The molecule has 2 heterocycles. The first-order valence-corrected chi connectivity index (χ1v) is 5.28. The molecule has 0 radical (unpaired) electrons. The first-order chi connectivity index (χ1) is 7.19. The van der Waals surface area contributed by atoms with E-state index in [2.05, 4.69) is 16.1 Å². The van der Waals surface area contributed by atoms with Crippen LogP contribution in [-0.2, 0) is 19.5 Å². The summed E-state index contributed by atoms with van der Waals surface area (Å²) in [5.74, 6) is 0.456. The minimum Gasteiger partial charge on any atom is -0.331 e. The van der Waals surface area contributed by atoms with Gasteiger partial charge < -0.3 is 4.57 Å². The Bertz CT molecular complexity index is 458. The van der Waals surface area contributed by atoms with Crippen molar-refractivity contribution in [2.45, 2.75) is 19.3 Å². The summed E-state index contributed by atoms with van der Waals surface area (Å²) in [5, 5.41) is 4.29. The lowest BCUT2D eigenvalue weighted by Gasteiger charge is -2.01. The summed E-state index contributed by atoms with van der Waals surface area (Å²) < 4.78 is 3.89. The van der Waals surface area contributed by atoms with Crippen molar-refractivity contribution in [2.24, 2.45) is 7.05 Å². The lowest BCUT2D eigenvalue weighted by molar-refractivity contribution is 0.663. The van der Waals surface area contributed by atoms with Gasteiger partial charge in [0.15, 0.2) is 0 Å². The molecule has 0 aromatic carbocycles. The van der Waals surface area contributed by atoms with E-state index in [-0.39, 0.29) is 0 Å². The Hall–Kier alpha value is -1.29. The summed E-state index contributed by atoms with van der Waals surface area (Å²) in [6.07, 6.45) is 3.75. The van der Waals surface area contributed by atoms with Gasteiger partial charge in [-0.2, -0.15) is 5.10 Å². The molecule has 0 unspecified atom stereocenters. The van der Waals surface area contributed by atoms with E-state index in [9.17, 15) is 0 Å². The fraction of sp³-hybridized carbons (Fsp3) is 0.400. The minimum atomic E-state index is 0.456. The zero-order valence-electron chi connectivity index (χ0n) is 8.81. The topological polar surface area (TPSA) is 35.6 Å². The molecule has 0 fully saturated rings. The molecule has 2 aromatic rings. The lowest BCUT2D eigenvalue weighted by Crippen LogP contribution is -2.03. The van der Waals surface area contributed by atoms with Crippen LogP contribution in [0.1, 0.15) is 17.1 Å². The molecule has 0 spiro atoms. The first kappa shape index (κ1) is 10.2. The van der Waals surface area contributed by atoms with Crippen LogP contribution in [0.25, 0.3) is 0 Å². The molecule has 5 heteroatoms. The Balaban J connectivity index is 2.17. The van der Waals surface area contributed by atoms with Crippen molar-refractivity contribution in [1.29, 1.82) is 0 Å². The second kappa shape index (κ2) is 4.06. The maximum Gasteiger partial charge on any atom is 0.0953 e. The SMILES string of the molecule is Cc1cc(Cn2cnc(CCl)c2)n(C)n1. The number of hydrogen-bond donors (Lipinski definition) is 0. The predicted molar refractivity (Wildman–Crippen MR) is 58.8 cm³/mol. The molecule has 2 rings (SSSR count). The molecule has 0 atom stereocenters. The van der Waals surface area contributed by atoms with Crippen LogP contribution >= 0.6 is 11.6 Å². The molecular weight excluding hydrogens is 212 g/mol. The molecule has 0 saturated carbocycles. The van der Waals surface area contributed by atoms with Crippen molar-refractivity contribution in [3.63, 3.8) is 0 Å². The Morgan fingerprint density at radius 1 is 1.47 bits per heavy atom. The molecule has 0 saturated heterocycles. The van der Waals surface area contributed by atoms with Crippen molar-refractivity contribution in [2.75, 3.05) is 0 Å². The van der Waals surface area contributed by atoms with Crippen molar-refractivity contribution < 1.29 is 0 Å². The molecule has 80 valence electrons. The van der Waals surface area contributed by atoms with Crippen molar-refractivity contribution >= 4 is 11.6 Å². The van der Waals surface area contributed by atoms with E-state index in [1.54, 1.807) is 6.33 Å². The number of rotatable bonds is 3. The van der Waals surface area contributed by atoms with Gasteiger partial charge in [0.2, 0.25) is 0 Å². The quantitative estimate of drug-likeness (QED) is 0.745.